The Morgan fingerprint density at radius 3 is 2.58 bits per heavy atom. The summed E-state index contributed by atoms with van der Waals surface area (Å²) in [4.78, 5) is 23.6. The minimum absolute atomic E-state index is 0.0856. The molecular weight excluding hydrogens is 357 g/mol. The predicted octanol–water partition coefficient (Wildman–Crippen LogP) is 1.41. The number of carbonyl (C=O) groups excluding carboxylic acids is 2. The fourth-order valence-corrected chi connectivity index (χ4v) is 2.59. The zero-order chi connectivity index (χ0) is 18.1. The van der Waals surface area contributed by atoms with Crippen molar-refractivity contribution in [3.8, 4) is 0 Å². The topological polar surface area (TPSA) is 111 Å². The molecular formula is C15H21Cl2N3O4. The first-order valence-corrected chi connectivity index (χ1v) is 8.21. The molecule has 7 nitrogen and oxygen atoms in total. The summed E-state index contributed by atoms with van der Waals surface area (Å²) in [5.74, 6) is -1.16. The number of rotatable bonds is 9. The van der Waals surface area contributed by atoms with Crippen LogP contribution in [0.25, 0.3) is 0 Å². The number of benzene rings is 1. The first-order chi connectivity index (χ1) is 11.4. The van der Waals surface area contributed by atoms with Crippen molar-refractivity contribution < 1.29 is 19.9 Å². The van der Waals surface area contributed by atoms with E-state index in [1.165, 1.54) is 11.5 Å². The van der Waals surface area contributed by atoms with Gasteiger partial charge in [-0.1, -0.05) is 42.6 Å². The van der Waals surface area contributed by atoms with Crippen molar-refractivity contribution in [1.82, 2.24) is 16.1 Å². The molecule has 0 radical (unpaired) electrons. The van der Waals surface area contributed by atoms with Gasteiger partial charge in [-0.25, -0.2) is 5.48 Å². The quantitative estimate of drug-likeness (QED) is 0.330. The third kappa shape index (κ3) is 6.62. The Balaban J connectivity index is 2.87. The number of halogens is 2. The molecule has 0 fully saturated rings. The van der Waals surface area contributed by atoms with Crippen molar-refractivity contribution in [3.05, 3.63) is 33.8 Å². The summed E-state index contributed by atoms with van der Waals surface area (Å²) >= 11 is 12.0. The summed E-state index contributed by atoms with van der Waals surface area (Å²) in [6.07, 6.45) is 0.701. The van der Waals surface area contributed by atoms with Crippen LogP contribution in [0.1, 0.15) is 31.4 Å². The van der Waals surface area contributed by atoms with E-state index in [0.717, 1.165) is 6.42 Å². The minimum Gasteiger partial charge on any atom is -0.391 e. The van der Waals surface area contributed by atoms with Crippen molar-refractivity contribution in [2.24, 2.45) is 0 Å². The predicted molar refractivity (Wildman–Crippen MR) is 91.1 cm³/mol. The van der Waals surface area contributed by atoms with Gasteiger partial charge in [0.1, 0.15) is 6.04 Å². The normalized spacial score (nSPS) is 13.2. The van der Waals surface area contributed by atoms with E-state index in [2.05, 4.69) is 10.6 Å². The van der Waals surface area contributed by atoms with Gasteiger partial charge in [0, 0.05) is 16.6 Å². The van der Waals surface area contributed by atoms with Crippen molar-refractivity contribution >= 4 is 35.0 Å². The molecule has 24 heavy (non-hydrogen) atoms. The smallest absolute Gasteiger partial charge is 0.257 e. The second-order valence-corrected chi connectivity index (χ2v) is 6.05. The molecule has 0 aliphatic carbocycles. The van der Waals surface area contributed by atoms with E-state index in [1.807, 2.05) is 6.92 Å². The van der Waals surface area contributed by atoms with Crippen LogP contribution < -0.4 is 16.1 Å². The third-order valence-electron chi connectivity index (χ3n) is 3.26. The van der Waals surface area contributed by atoms with Crippen LogP contribution in [0.2, 0.25) is 10.0 Å². The van der Waals surface area contributed by atoms with Crippen LogP contribution in [0, 0.1) is 0 Å². The molecule has 2 unspecified atom stereocenters. The zero-order valence-corrected chi connectivity index (χ0v) is 14.7. The van der Waals surface area contributed by atoms with E-state index in [-0.39, 0.29) is 18.1 Å². The lowest BCUT2D eigenvalue weighted by Crippen LogP contribution is -2.43. The third-order valence-corrected chi connectivity index (χ3v) is 3.82. The van der Waals surface area contributed by atoms with E-state index in [0.29, 0.717) is 17.0 Å². The highest BCUT2D eigenvalue weighted by Gasteiger charge is 2.24. The summed E-state index contributed by atoms with van der Waals surface area (Å²) in [7, 11) is 0. The largest absolute Gasteiger partial charge is 0.391 e. The fraction of sp³-hybridized carbons (Fsp3) is 0.467. The molecule has 134 valence electrons. The van der Waals surface area contributed by atoms with Gasteiger partial charge in [-0.3, -0.25) is 20.1 Å². The van der Waals surface area contributed by atoms with E-state index in [4.69, 9.17) is 28.4 Å². The van der Waals surface area contributed by atoms with Crippen LogP contribution in [0.4, 0.5) is 0 Å². The molecule has 0 aliphatic rings. The summed E-state index contributed by atoms with van der Waals surface area (Å²) < 4.78 is 0. The van der Waals surface area contributed by atoms with Crippen molar-refractivity contribution in [1.29, 1.82) is 0 Å². The summed E-state index contributed by atoms with van der Waals surface area (Å²) in [5, 5.41) is 24.3. The van der Waals surface area contributed by atoms with Crippen molar-refractivity contribution in [2.75, 3.05) is 13.1 Å². The Morgan fingerprint density at radius 1 is 1.29 bits per heavy atom. The Labute approximate surface area is 150 Å². The number of aliphatic hydroxyl groups excluding tert-OH is 1. The van der Waals surface area contributed by atoms with Crippen molar-refractivity contribution in [2.45, 2.75) is 31.9 Å². The minimum atomic E-state index is -0.944. The molecule has 9 heteroatoms. The van der Waals surface area contributed by atoms with Crippen molar-refractivity contribution in [3.63, 3.8) is 0 Å². The maximum absolute atomic E-state index is 12.4. The van der Waals surface area contributed by atoms with Crippen LogP contribution in [0.15, 0.2) is 18.2 Å². The van der Waals surface area contributed by atoms with Gasteiger partial charge in [-0.2, -0.15) is 0 Å². The number of hydroxylamine groups is 1. The molecule has 2 amide bonds. The summed E-state index contributed by atoms with van der Waals surface area (Å²) in [5.41, 5.74) is 1.90. The van der Waals surface area contributed by atoms with E-state index in [1.54, 1.807) is 12.1 Å². The second kappa shape index (κ2) is 10.5. The molecule has 1 aromatic rings. The molecule has 2 atom stereocenters. The Bertz CT molecular complexity index is 572. The monoisotopic (exact) mass is 377 g/mol. The first kappa shape index (κ1) is 20.7. The molecule has 1 rings (SSSR count). The molecule has 0 aromatic heterocycles. The van der Waals surface area contributed by atoms with Crippen LogP contribution in [-0.4, -0.2) is 41.3 Å². The number of nitrogens with one attached hydrogen (secondary N) is 3. The highest BCUT2D eigenvalue weighted by Crippen LogP contribution is 2.26. The Morgan fingerprint density at radius 2 is 2.00 bits per heavy atom. The van der Waals surface area contributed by atoms with Gasteiger partial charge in [0.15, 0.2) is 0 Å². The van der Waals surface area contributed by atoms with Gasteiger partial charge in [0.2, 0.25) is 5.91 Å². The molecule has 0 spiro atoms. The maximum Gasteiger partial charge on any atom is 0.257 e. The maximum atomic E-state index is 12.4. The van der Waals surface area contributed by atoms with E-state index in [9.17, 15) is 14.7 Å². The first-order valence-electron chi connectivity index (χ1n) is 7.46. The number of hydrogen-bond donors (Lipinski definition) is 5. The lowest BCUT2D eigenvalue weighted by Gasteiger charge is -2.20. The molecule has 1 aromatic carbocycles. The van der Waals surface area contributed by atoms with Gasteiger partial charge in [0.25, 0.3) is 5.91 Å². The SMILES string of the molecule is CCCC(O)CNC(=O)C(NCC(=O)NO)c1ccc(Cl)cc1Cl. The molecule has 0 saturated carbocycles. The standard InChI is InChI=1S/C15H21Cl2N3O4/c1-2-3-10(21)7-19-15(23)14(18-8-13(22)20-24)11-5-4-9(16)6-12(11)17/h4-6,10,14,18,21,24H,2-3,7-8H2,1H3,(H,19,23)(H,20,22). The molecule has 0 heterocycles. The van der Waals surface area contributed by atoms with Crippen LogP contribution in [0.5, 0.6) is 0 Å². The highest BCUT2D eigenvalue weighted by molar-refractivity contribution is 6.35. The van der Waals surface area contributed by atoms with Crippen LogP contribution in [-0.2, 0) is 9.59 Å². The lowest BCUT2D eigenvalue weighted by molar-refractivity contribution is -0.129. The zero-order valence-electron chi connectivity index (χ0n) is 13.2. The lowest BCUT2D eigenvalue weighted by atomic mass is 10.1. The van der Waals surface area contributed by atoms with Gasteiger partial charge in [0.05, 0.1) is 12.6 Å². The number of hydrogen-bond acceptors (Lipinski definition) is 5. The van der Waals surface area contributed by atoms with E-state index < -0.39 is 24.0 Å². The van der Waals surface area contributed by atoms with Gasteiger partial charge in [-0.05, 0) is 24.1 Å². The highest BCUT2D eigenvalue weighted by atomic mass is 35.5. The number of carbonyl (C=O) groups is 2. The molecule has 0 bridgehead atoms. The van der Waals surface area contributed by atoms with Gasteiger partial charge >= 0.3 is 0 Å². The second-order valence-electron chi connectivity index (χ2n) is 5.20. The number of amides is 2. The number of aliphatic hydroxyl groups is 1. The van der Waals surface area contributed by atoms with E-state index >= 15 is 0 Å². The molecule has 0 saturated heterocycles. The van der Waals surface area contributed by atoms with Gasteiger partial charge < -0.3 is 10.4 Å². The molecule has 5 N–H and O–H groups in total. The summed E-state index contributed by atoms with van der Waals surface area (Å²) in [6.45, 7) is 1.71. The Kier molecular flexibility index (Phi) is 9.02. The fourth-order valence-electron chi connectivity index (χ4n) is 2.07. The van der Waals surface area contributed by atoms with Gasteiger partial charge in [-0.15, -0.1) is 0 Å². The average Bonchev–Trinajstić information content (AvgIpc) is 2.54. The summed E-state index contributed by atoms with van der Waals surface area (Å²) in [6, 6.07) is 3.68. The average molecular weight is 378 g/mol. The Hall–Kier alpha value is -1.38. The van der Waals surface area contributed by atoms with Crippen LogP contribution in [0.3, 0.4) is 0 Å². The van der Waals surface area contributed by atoms with Crippen LogP contribution >= 0.6 is 23.2 Å². The molecule has 0 aliphatic heterocycles.